The molecular weight excluding hydrogens is 358 g/mol. The van der Waals surface area contributed by atoms with Crippen LogP contribution in [0.4, 0.5) is 5.95 Å². The van der Waals surface area contributed by atoms with Crippen LogP contribution in [-0.2, 0) is 0 Å². The zero-order chi connectivity index (χ0) is 20.2. The summed E-state index contributed by atoms with van der Waals surface area (Å²) in [7, 11) is 0. The maximum absolute atomic E-state index is 4.90. The second-order valence-corrected chi connectivity index (χ2v) is 9.99. The number of hydrogen-bond acceptors (Lipinski definition) is 5. The Labute approximate surface area is 177 Å². The Bertz CT molecular complexity index is 617. The van der Waals surface area contributed by atoms with E-state index >= 15 is 0 Å². The molecule has 5 heteroatoms. The van der Waals surface area contributed by atoms with Gasteiger partial charge in [0.25, 0.3) is 0 Å². The van der Waals surface area contributed by atoms with Gasteiger partial charge in [-0.15, -0.1) is 0 Å². The van der Waals surface area contributed by atoms with Crippen LogP contribution in [0.25, 0.3) is 0 Å². The molecule has 0 amide bonds. The van der Waals surface area contributed by atoms with Gasteiger partial charge >= 0.3 is 0 Å². The standard InChI is InChI=1S/C24H41N5/c1-4-27-17-22-10-5-11-23(18-27)29(22)24-25-14-21(15-26-24)20-9-7-13-28(16-20)12-6-8-19(2)3/h14-15,19-20,22-23H,4-13,16-18H2,1-3H3. The Morgan fingerprint density at radius 2 is 1.69 bits per heavy atom. The minimum Gasteiger partial charge on any atom is -0.332 e. The van der Waals surface area contributed by atoms with E-state index in [4.69, 9.17) is 9.97 Å². The summed E-state index contributed by atoms with van der Waals surface area (Å²) in [5, 5.41) is 0. The third-order valence-corrected chi connectivity index (χ3v) is 7.37. The summed E-state index contributed by atoms with van der Waals surface area (Å²) >= 11 is 0. The highest BCUT2D eigenvalue weighted by Crippen LogP contribution is 2.32. The average molecular weight is 400 g/mol. The zero-order valence-corrected chi connectivity index (χ0v) is 18.9. The fourth-order valence-corrected chi connectivity index (χ4v) is 5.71. The molecule has 0 N–H and O–H groups in total. The number of rotatable bonds is 7. The zero-order valence-electron chi connectivity index (χ0n) is 18.9. The van der Waals surface area contributed by atoms with E-state index in [0.29, 0.717) is 18.0 Å². The molecule has 0 saturated carbocycles. The van der Waals surface area contributed by atoms with Crippen molar-refractivity contribution in [2.24, 2.45) is 5.92 Å². The SMILES string of the molecule is CCN1CC2CCCC(C1)N2c1ncc(C2CCCN(CCCC(C)C)C2)cn1. The summed E-state index contributed by atoms with van der Waals surface area (Å²) in [5.74, 6) is 2.40. The number of hydrogen-bond donors (Lipinski definition) is 0. The Morgan fingerprint density at radius 3 is 2.34 bits per heavy atom. The lowest BCUT2D eigenvalue weighted by Crippen LogP contribution is -2.61. The van der Waals surface area contributed by atoms with E-state index in [0.717, 1.165) is 18.4 Å². The molecule has 4 heterocycles. The van der Waals surface area contributed by atoms with Crippen LogP contribution in [0.15, 0.2) is 12.4 Å². The lowest BCUT2D eigenvalue weighted by atomic mass is 9.91. The molecule has 1 aromatic heterocycles. The molecule has 4 rings (SSSR count). The normalized spacial score (nSPS) is 28.8. The predicted molar refractivity (Wildman–Crippen MR) is 121 cm³/mol. The number of piperazine rings is 1. The van der Waals surface area contributed by atoms with Gasteiger partial charge in [0.15, 0.2) is 0 Å². The maximum Gasteiger partial charge on any atom is 0.225 e. The van der Waals surface area contributed by atoms with Crippen molar-refractivity contribution in [3.63, 3.8) is 0 Å². The molecule has 3 aliphatic rings. The molecule has 5 nitrogen and oxygen atoms in total. The van der Waals surface area contributed by atoms with Crippen molar-refractivity contribution in [2.75, 3.05) is 44.2 Å². The topological polar surface area (TPSA) is 35.5 Å². The molecule has 3 atom stereocenters. The van der Waals surface area contributed by atoms with Crippen molar-refractivity contribution in [2.45, 2.75) is 83.7 Å². The highest BCUT2D eigenvalue weighted by atomic mass is 15.4. The second-order valence-electron chi connectivity index (χ2n) is 9.99. The smallest absolute Gasteiger partial charge is 0.225 e. The van der Waals surface area contributed by atoms with E-state index < -0.39 is 0 Å². The van der Waals surface area contributed by atoms with Gasteiger partial charge in [-0.3, -0.25) is 4.90 Å². The quantitative estimate of drug-likeness (QED) is 0.688. The molecule has 0 aliphatic carbocycles. The molecule has 0 spiro atoms. The van der Waals surface area contributed by atoms with Gasteiger partial charge in [0.2, 0.25) is 5.95 Å². The summed E-state index contributed by atoms with van der Waals surface area (Å²) in [4.78, 5) is 17.6. The largest absolute Gasteiger partial charge is 0.332 e. The minimum absolute atomic E-state index is 0.597. The molecule has 1 aromatic rings. The van der Waals surface area contributed by atoms with E-state index in [2.05, 4.69) is 47.9 Å². The molecular formula is C24H41N5. The van der Waals surface area contributed by atoms with Gasteiger partial charge < -0.3 is 9.80 Å². The summed E-state index contributed by atoms with van der Waals surface area (Å²) < 4.78 is 0. The highest BCUT2D eigenvalue weighted by molar-refractivity contribution is 5.37. The van der Waals surface area contributed by atoms with Crippen molar-refractivity contribution in [3.8, 4) is 0 Å². The van der Waals surface area contributed by atoms with Crippen molar-refractivity contribution < 1.29 is 0 Å². The summed E-state index contributed by atoms with van der Waals surface area (Å²) in [6.45, 7) is 14.1. The minimum atomic E-state index is 0.597. The number of nitrogens with zero attached hydrogens (tertiary/aromatic N) is 5. The van der Waals surface area contributed by atoms with Gasteiger partial charge in [-0.2, -0.15) is 0 Å². The summed E-state index contributed by atoms with van der Waals surface area (Å²) in [5.41, 5.74) is 1.35. The van der Waals surface area contributed by atoms with E-state index in [1.165, 1.54) is 83.2 Å². The van der Waals surface area contributed by atoms with E-state index in [-0.39, 0.29) is 0 Å². The monoisotopic (exact) mass is 399 g/mol. The van der Waals surface area contributed by atoms with Gasteiger partial charge in [-0.25, -0.2) is 9.97 Å². The Balaban J connectivity index is 1.38. The lowest BCUT2D eigenvalue weighted by Gasteiger charge is -2.50. The van der Waals surface area contributed by atoms with Crippen molar-refractivity contribution in [1.29, 1.82) is 0 Å². The fourth-order valence-electron chi connectivity index (χ4n) is 5.71. The molecule has 3 unspecified atom stereocenters. The van der Waals surface area contributed by atoms with Crippen LogP contribution in [0, 0.1) is 5.92 Å². The first-order valence-corrected chi connectivity index (χ1v) is 12.2. The average Bonchev–Trinajstić information content (AvgIpc) is 2.73. The van der Waals surface area contributed by atoms with Crippen molar-refractivity contribution >= 4 is 5.95 Å². The van der Waals surface area contributed by atoms with E-state index in [1.807, 2.05) is 0 Å². The van der Waals surface area contributed by atoms with Crippen molar-refractivity contribution in [3.05, 3.63) is 18.0 Å². The van der Waals surface area contributed by atoms with Crippen LogP contribution in [0.2, 0.25) is 0 Å². The first kappa shape index (κ1) is 21.0. The Morgan fingerprint density at radius 1 is 0.966 bits per heavy atom. The van der Waals surface area contributed by atoms with E-state index in [1.54, 1.807) is 0 Å². The molecule has 3 saturated heterocycles. The van der Waals surface area contributed by atoms with Crippen LogP contribution < -0.4 is 4.90 Å². The van der Waals surface area contributed by atoms with Crippen LogP contribution in [0.3, 0.4) is 0 Å². The number of aromatic nitrogens is 2. The molecule has 3 fully saturated rings. The number of likely N-dealkylation sites (N-methyl/N-ethyl adjacent to an activating group) is 1. The molecule has 29 heavy (non-hydrogen) atoms. The predicted octanol–water partition coefficient (Wildman–Crippen LogP) is 4.16. The van der Waals surface area contributed by atoms with Gasteiger partial charge in [0, 0.05) is 44.1 Å². The third-order valence-electron chi connectivity index (χ3n) is 7.37. The molecule has 162 valence electrons. The van der Waals surface area contributed by atoms with Gasteiger partial charge in [0.05, 0.1) is 0 Å². The Hall–Kier alpha value is -1.20. The summed E-state index contributed by atoms with van der Waals surface area (Å²) in [6.07, 6.45) is 13.5. The molecule has 3 aliphatic heterocycles. The highest BCUT2D eigenvalue weighted by Gasteiger charge is 2.38. The maximum atomic E-state index is 4.90. The molecule has 0 radical (unpaired) electrons. The number of fused-ring (bicyclic) bond motifs is 2. The third kappa shape index (κ3) is 5.11. The van der Waals surface area contributed by atoms with Gasteiger partial charge in [0.1, 0.15) is 0 Å². The van der Waals surface area contributed by atoms with Crippen LogP contribution in [0.1, 0.15) is 77.2 Å². The Kier molecular flexibility index (Phi) is 7.07. The molecule has 0 aromatic carbocycles. The van der Waals surface area contributed by atoms with Crippen LogP contribution in [0.5, 0.6) is 0 Å². The van der Waals surface area contributed by atoms with Gasteiger partial charge in [-0.05, 0) is 82.0 Å². The van der Waals surface area contributed by atoms with Crippen LogP contribution in [-0.4, -0.2) is 71.1 Å². The summed E-state index contributed by atoms with van der Waals surface area (Å²) in [6, 6.07) is 1.19. The molecule has 2 bridgehead atoms. The second kappa shape index (κ2) is 9.74. The van der Waals surface area contributed by atoms with E-state index in [9.17, 15) is 0 Å². The lowest BCUT2D eigenvalue weighted by molar-refractivity contribution is 0.160. The number of piperidine rings is 2. The fraction of sp³-hybridized carbons (Fsp3) is 0.833. The van der Waals surface area contributed by atoms with Crippen LogP contribution >= 0.6 is 0 Å². The van der Waals surface area contributed by atoms with Gasteiger partial charge in [-0.1, -0.05) is 20.8 Å². The van der Waals surface area contributed by atoms with Crippen molar-refractivity contribution in [1.82, 2.24) is 19.8 Å². The first-order valence-electron chi connectivity index (χ1n) is 12.2. The first-order chi connectivity index (χ1) is 14.1. The number of anilines is 1. The number of likely N-dealkylation sites (tertiary alicyclic amines) is 2.